The Morgan fingerprint density at radius 2 is 1.59 bits per heavy atom. The van der Waals surface area contributed by atoms with E-state index in [4.69, 9.17) is 4.74 Å². The van der Waals surface area contributed by atoms with Crippen molar-refractivity contribution < 1.29 is 4.74 Å². The third-order valence-electron chi connectivity index (χ3n) is 4.93. The van der Waals surface area contributed by atoms with Crippen LogP contribution in [0.5, 0.6) is 0 Å². The minimum absolute atomic E-state index is 0.787. The number of hydrogen-bond acceptors (Lipinski definition) is 4. The number of para-hydroxylation sites is 1. The van der Waals surface area contributed by atoms with Gasteiger partial charge in [-0.2, -0.15) is 5.10 Å². The standard InChI is InChI=1S/C23H25N3O/c1-3-7-19(8-4-1)17-20-11-12-21(23(20)26-13-15-27-16-14-26)18-24-25-22-9-5-2-6-10-22/h1-10,17-18,25H,11-16H2. The fourth-order valence-corrected chi connectivity index (χ4v) is 3.62. The molecule has 1 fully saturated rings. The van der Waals surface area contributed by atoms with Crippen molar-refractivity contribution in [3.8, 4) is 0 Å². The van der Waals surface area contributed by atoms with Crippen molar-refractivity contribution in [1.29, 1.82) is 0 Å². The lowest BCUT2D eigenvalue weighted by atomic mass is 10.1. The van der Waals surface area contributed by atoms with Crippen LogP contribution in [0.1, 0.15) is 18.4 Å². The van der Waals surface area contributed by atoms with Crippen molar-refractivity contribution in [3.05, 3.63) is 83.1 Å². The molecule has 0 saturated carbocycles. The molecule has 1 aliphatic carbocycles. The first-order chi connectivity index (χ1) is 13.4. The maximum atomic E-state index is 5.56. The van der Waals surface area contributed by atoms with E-state index in [1.165, 1.54) is 22.4 Å². The third kappa shape index (κ3) is 4.47. The van der Waals surface area contributed by atoms with E-state index in [1.807, 2.05) is 36.5 Å². The molecule has 0 aromatic heterocycles. The molecule has 1 saturated heterocycles. The Bertz CT molecular complexity index is 834. The predicted molar refractivity (Wildman–Crippen MR) is 112 cm³/mol. The van der Waals surface area contributed by atoms with Crippen LogP contribution >= 0.6 is 0 Å². The molecule has 1 N–H and O–H groups in total. The van der Waals surface area contributed by atoms with Crippen LogP contribution in [0.25, 0.3) is 6.08 Å². The molecule has 2 aliphatic rings. The molecule has 0 amide bonds. The molecular formula is C23H25N3O. The van der Waals surface area contributed by atoms with E-state index in [9.17, 15) is 0 Å². The third-order valence-corrected chi connectivity index (χ3v) is 4.93. The zero-order chi connectivity index (χ0) is 18.3. The molecule has 0 atom stereocenters. The van der Waals surface area contributed by atoms with Gasteiger partial charge < -0.3 is 9.64 Å². The Balaban J connectivity index is 1.60. The number of allylic oxidation sites excluding steroid dienone is 2. The van der Waals surface area contributed by atoms with Gasteiger partial charge in [0, 0.05) is 18.8 Å². The summed E-state index contributed by atoms with van der Waals surface area (Å²) in [7, 11) is 0. The van der Waals surface area contributed by atoms with E-state index >= 15 is 0 Å². The summed E-state index contributed by atoms with van der Waals surface area (Å²) in [4.78, 5) is 2.45. The fraction of sp³-hybridized carbons (Fsp3) is 0.261. The lowest BCUT2D eigenvalue weighted by Gasteiger charge is -2.31. The second-order valence-corrected chi connectivity index (χ2v) is 6.79. The van der Waals surface area contributed by atoms with Crippen molar-refractivity contribution >= 4 is 18.0 Å². The first-order valence-electron chi connectivity index (χ1n) is 9.56. The van der Waals surface area contributed by atoms with Crippen LogP contribution < -0.4 is 5.43 Å². The number of nitrogens with one attached hydrogen (secondary N) is 1. The van der Waals surface area contributed by atoms with Gasteiger partial charge in [-0.1, -0.05) is 48.5 Å². The van der Waals surface area contributed by atoms with E-state index in [1.54, 1.807) is 0 Å². The number of hydrogen-bond donors (Lipinski definition) is 1. The maximum Gasteiger partial charge on any atom is 0.0642 e. The quantitative estimate of drug-likeness (QED) is 0.629. The van der Waals surface area contributed by atoms with Gasteiger partial charge in [-0.3, -0.25) is 5.43 Å². The Kier molecular flexibility index (Phi) is 5.65. The molecule has 4 heteroatoms. The number of hydrazone groups is 1. The van der Waals surface area contributed by atoms with Crippen molar-refractivity contribution in [2.24, 2.45) is 5.10 Å². The smallest absolute Gasteiger partial charge is 0.0642 e. The van der Waals surface area contributed by atoms with Crippen molar-refractivity contribution in [1.82, 2.24) is 4.90 Å². The SMILES string of the molecule is C(=NNc1ccccc1)C1=C(N2CCOCC2)C(=Cc2ccccc2)CC1. The lowest BCUT2D eigenvalue weighted by Crippen LogP contribution is -2.36. The summed E-state index contributed by atoms with van der Waals surface area (Å²) in [6.45, 7) is 3.44. The fourth-order valence-electron chi connectivity index (χ4n) is 3.62. The molecule has 4 rings (SSSR count). The van der Waals surface area contributed by atoms with Gasteiger partial charge in [0.25, 0.3) is 0 Å². The monoisotopic (exact) mass is 359 g/mol. The topological polar surface area (TPSA) is 36.9 Å². The summed E-state index contributed by atoms with van der Waals surface area (Å²) in [5, 5.41) is 4.49. The van der Waals surface area contributed by atoms with Gasteiger partial charge in [0.1, 0.15) is 0 Å². The largest absolute Gasteiger partial charge is 0.378 e. The average Bonchev–Trinajstić information content (AvgIpc) is 3.12. The molecule has 1 heterocycles. The Morgan fingerprint density at radius 1 is 0.889 bits per heavy atom. The molecule has 4 nitrogen and oxygen atoms in total. The molecule has 0 bridgehead atoms. The van der Waals surface area contributed by atoms with Crippen LogP contribution in [0.2, 0.25) is 0 Å². The molecule has 27 heavy (non-hydrogen) atoms. The number of rotatable bonds is 5. The zero-order valence-electron chi connectivity index (χ0n) is 15.5. The summed E-state index contributed by atoms with van der Waals surface area (Å²) >= 11 is 0. The van der Waals surface area contributed by atoms with Crippen molar-refractivity contribution in [2.45, 2.75) is 12.8 Å². The van der Waals surface area contributed by atoms with Gasteiger partial charge in [0.05, 0.1) is 25.1 Å². The normalized spacial score (nSPS) is 19.3. The van der Waals surface area contributed by atoms with Crippen LogP contribution in [0.15, 0.2) is 82.6 Å². The second kappa shape index (κ2) is 8.69. The first kappa shape index (κ1) is 17.6. The van der Waals surface area contributed by atoms with Crippen LogP contribution in [0.3, 0.4) is 0 Å². The van der Waals surface area contributed by atoms with E-state index in [0.717, 1.165) is 44.8 Å². The van der Waals surface area contributed by atoms with Gasteiger partial charge >= 0.3 is 0 Å². The summed E-state index contributed by atoms with van der Waals surface area (Å²) in [6, 6.07) is 20.6. The van der Waals surface area contributed by atoms with Crippen molar-refractivity contribution in [3.63, 3.8) is 0 Å². The first-order valence-corrected chi connectivity index (χ1v) is 9.56. The van der Waals surface area contributed by atoms with Gasteiger partial charge in [-0.05, 0) is 47.8 Å². The molecule has 2 aromatic carbocycles. The highest BCUT2D eigenvalue weighted by molar-refractivity contribution is 5.84. The highest BCUT2D eigenvalue weighted by atomic mass is 16.5. The Hall–Kier alpha value is -2.85. The number of anilines is 1. The van der Waals surface area contributed by atoms with Crippen LogP contribution in [-0.4, -0.2) is 37.4 Å². The number of ether oxygens (including phenoxy) is 1. The highest BCUT2D eigenvalue weighted by Gasteiger charge is 2.25. The lowest BCUT2D eigenvalue weighted by molar-refractivity contribution is 0.0548. The number of nitrogens with zero attached hydrogens (tertiary/aromatic N) is 2. The van der Waals surface area contributed by atoms with E-state index in [0.29, 0.717) is 0 Å². The van der Waals surface area contributed by atoms with Gasteiger partial charge in [-0.25, -0.2) is 0 Å². The summed E-state index contributed by atoms with van der Waals surface area (Å²) in [5.74, 6) is 0. The summed E-state index contributed by atoms with van der Waals surface area (Å²) < 4.78 is 5.56. The van der Waals surface area contributed by atoms with Gasteiger partial charge in [0.2, 0.25) is 0 Å². The van der Waals surface area contributed by atoms with Gasteiger partial charge in [-0.15, -0.1) is 0 Å². The maximum absolute atomic E-state index is 5.56. The number of benzene rings is 2. The van der Waals surface area contributed by atoms with Gasteiger partial charge in [0.15, 0.2) is 0 Å². The molecule has 0 unspecified atom stereocenters. The van der Waals surface area contributed by atoms with Crippen LogP contribution in [0.4, 0.5) is 5.69 Å². The molecule has 0 radical (unpaired) electrons. The van der Waals surface area contributed by atoms with E-state index in [-0.39, 0.29) is 0 Å². The minimum atomic E-state index is 0.787. The zero-order valence-corrected chi connectivity index (χ0v) is 15.5. The molecule has 1 aliphatic heterocycles. The van der Waals surface area contributed by atoms with Crippen molar-refractivity contribution in [2.75, 3.05) is 31.7 Å². The second-order valence-electron chi connectivity index (χ2n) is 6.79. The van der Waals surface area contributed by atoms with Crippen LogP contribution in [0, 0.1) is 0 Å². The van der Waals surface area contributed by atoms with Crippen LogP contribution in [-0.2, 0) is 4.74 Å². The highest BCUT2D eigenvalue weighted by Crippen LogP contribution is 2.35. The Morgan fingerprint density at radius 3 is 2.33 bits per heavy atom. The number of morpholine rings is 1. The van der Waals surface area contributed by atoms with E-state index < -0.39 is 0 Å². The predicted octanol–water partition coefficient (Wildman–Crippen LogP) is 4.55. The molecule has 2 aromatic rings. The Labute approximate surface area is 160 Å². The molecule has 138 valence electrons. The average molecular weight is 359 g/mol. The molecule has 0 spiro atoms. The summed E-state index contributed by atoms with van der Waals surface area (Å²) in [6.07, 6.45) is 6.37. The minimum Gasteiger partial charge on any atom is -0.378 e. The summed E-state index contributed by atoms with van der Waals surface area (Å²) in [5.41, 5.74) is 9.40. The molecular weight excluding hydrogens is 334 g/mol. The van der Waals surface area contributed by atoms with E-state index in [2.05, 4.69) is 51.8 Å².